The van der Waals surface area contributed by atoms with Crippen molar-refractivity contribution in [3.63, 3.8) is 0 Å². The van der Waals surface area contributed by atoms with Crippen LogP contribution in [0.5, 0.6) is 5.75 Å². The number of halogens is 3. The molecule has 2 amide bonds. The smallest absolute Gasteiger partial charge is 0.406 e. The first-order valence-electron chi connectivity index (χ1n) is 7.99. The normalized spacial score (nSPS) is 11.0. The van der Waals surface area contributed by atoms with Crippen molar-refractivity contribution in [2.45, 2.75) is 6.36 Å². The van der Waals surface area contributed by atoms with Gasteiger partial charge in [0, 0.05) is 22.3 Å². The predicted octanol–water partition coefficient (Wildman–Crippen LogP) is 4.14. The maximum Gasteiger partial charge on any atom is 0.573 e. The summed E-state index contributed by atoms with van der Waals surface area (Å²) in [5.74, 6) is -1.38. The number of primary amides is 1. The van der Waals surface area contributed by atoms with Gasteiger partial charge in [-0.1, -0.05) is 0 Å². The molecule has 0 radical (unpaired) electrons. The minimum Gasteiger partial charge on any atom is -0.406 e. The van der Waals surface area contributed by atoms with E-state index in [4.69, 9.17) is 5.73 Å². The van der Waals surface area contributed by atoms with Gasteiger partial charge in [0.15, 0.2) is 5.13 Å². The standard InChI is InChI=1S/C18H13F3N4O3S/c19-18(20,21)28-13-7-5-12(6-8-13)24-17-25-14(9-29-17)16(27)23-11-3-1-10(2-4-11)15(22)26/h1-9H,(H2,22,26)(H,23,27)(H,24,25). The van der Waals surface area contributed by atoms with Gasteiger partial charge in [0.25, 0.3) is 5.91 Å². The summed E-state index contributed by atoms with van der Waals surface area (Å²) in [5, 5.41) is 7.43. The Morgan fingerprint density at radius 2 is 1.62 bits per heavy atom. The zero-order valence-corrected chi connectivity index (χ0v) is 15.3. The number of ether oxygens (including phenoxy) is 1. The van der Waals surface area contributed by atoms with E-state index in [1.54, 1.807) is 0 Å². The summed E-state index contributed by atoms with van der Waals surface area (Å²) >= 11 is 1.15. The Kier molecular flexibility index (Phi) is 5.69. The van der Waals surface area contributed by atoms with Crippen molar-refractivity contribution in [3.8, 4) is 5.75 Å². The van der Waals surface area contributed by atoms with E-state index < -0.39 is 18.2 Å². The van der Waals surface area contributed by atoms with Crippen molar-refractivity contribution >= 4 is 39.7 Å². The molecule has 0 atom stereocenters. The van der Waals surface area contributed by atoms with E-state index in [-0.39, 0.29) is 11.4 Å². The van der Waals surface area contributed by atoms with Gasteiger partial charge in [-0.3, -0.25) is 9.59 Å². The molecule has 1 heterocycles. The number of alkyl halides is 3. The van der Waals surface area contributed by atoms with Gasteiger partial charge < -0.3 is 21.1 Å². The van der Waals surface area contributed by atoms with Crippen LogP contribution < -0.4 is 21.1 Å². The first-order valence-corrected chi connectivity index (χ1v) is 8.87. The van der Waals surface area contributed by atoms with Crippen molar-refractivity contribution in [3.05, 3.63) is 65.2 Å². The van der Waals surface area contributed by atoms with Gasteiger partial charge in [-0.25, -0.2) is 4.98 Å². The van der Waals surface area contributed by atoms with Crippen LogP contribution in [0.25, 0.3) is 0 Å². The molecule has 4 N–H and O–H groups in total. The highest BCUT2D eigenvalue weighted by molar-refractivity contribution is 7.14. The molecular weight excluding hydrogens is 409 g/mol. The molecule has 0 aliphatic heterocycles. The van der Waals surface area contributed by atoms with E-state index in [9.17, 15) is 22.8 Å². The number of hydrogen-bond acceptors (Lipinski definition) is 6. The van der Waals surface area contributed by atoms with Crippen LogP contribution in [0.3, 0.4) is 0 Å². The molecule has 0 unspecified atom stereocenters. The molecule has 1 aromatic heterocycles. The Labute approximate surface area is 166 Å². The largest absolute Gasteiger partial charge is 0.573 e. The highest BCUT2D eigenvalue weighted by Gasteiger charge is 2.30. The van der Waals surface area contributed by atoms with Crippen LogP contribution in [0, 0.1) is 0 Å². The van der Waals surface area contributed by atoms with Crippen molar-refractivity contribution in [2.24, 2.45) is 5.73 Å². The first kappa shape index (κ1) is 20.1. The molecule has 0 bridgehead atoms. The highest BCUT2D eigenvalue weighted by atomic mass is 32.1. The molecule has 0 saturated heterocycles. The predicted molar refractivity (Wildman–Crippen MR) is 101 cm³/mol. The third kappa shape index (κ3) is 5.69. The number of carbonyl (C=O) groups is 2. The van der Waals surface area contributed by atoms with Crippen LogP contribution in [-0.4, -0.2) is 23.2 Å². The second-order valence-corrected chi connectivity index (χ2v) is 6.49. The summed E-state index contributed by atoms with van der Waals surface area (Å²) in [4.78, 5) is 27.5. The molecule has 2 aromatic carbocycles. The van der Waals surface area contributed by atoms with Crippen LogP contribution >= 0.6 is 11.3 Å². The van der Waals surface area contributed by atoms with E-state index in [0.717, 1.165) is 23.5 Å². The second-order valence-electron chi connectivity index (χ2n) is 5.63. The van der Waals surface area contributed by atoms with Crippen LogP contribution in [0.15, 0.2) is 53.9 Å². The molecule has 29 heavy (non-hydrogen) atoms. The maximum atomic E-state index is 12.3. The number of nitrogens with one attached hydrogen (secondary N) is 2. The van der Waals surface area contributed by atoms with Gasteiger partial charge in [-0.15, -0.1) is 24.5 Å². The molecule has 7 nitrogen and oxygen atoms in total. The van der Waals surface area contributed by atoms with E-state index in [0.29, 0.717) is 22.1 Å². The summed E-state index contributed by atoms with van der Waals surface area (Å²) in [6.45, 7) is 0. The summed E-state index contributed by atoms with van der Waals surface area (Å²) < 4.78 is 40.3. The number of nitrogens with two attached hydrogens (primary N) is 1. The average Bonchev–Trinajstić information content (AvgIpc) is 3.11. The molecule has 3 aromatic rings. The Hall–Kier alpha value is -3.60. The number of carbonyl (C=O) groups excluding carboxylic acids is 2. The van der Waals surface area contributed by atoms with Gasteiger partial charge in [-0.05, 0) is 48.5 Å². The van der Waals surface area contributed by atoms with Crippen molar-refractivity contribution < 1.29 is 27.5 Å². The fraction of sp³-hybridized carbons (Fsp3) is 0.0556. The minimum absolute atomic E-state index is 0.147. The number of anilines is 3. The van der Waals surface area contributed by atoms with E-state index in [1.165, 1.54) is 41.8 Å². The highest BCUT2D eigenvalue weighted by Crippen LogP contribution is 2.26. The number of hydrogen-bond donors (Lipinski definition) is 3. The van der Waals surface area contributed by atoms with Gasteiger partial charge in [0.1, 0.15) is 11.4 Å². The molecule has 150 valence electrons. The van der Waals surface area contributed by atoms with Gasteiger partial charge in [0.05, 0.1) is 0 Å². The van der Waals surface area contributed by atoms with E-state index in [2.05, 4.69) is 20.4 Å². The lowest BCUT2D eigenvalue weighted by molar-refractivity contribution is -0.274. The number of thiazole rings is 1. The van der Waals surface area contributed by atoms with E-state index >= 15 is 0 Å². The Morgan fingerprint density at radius 1 is 1.00 bits per heavy atom. The number of nitrogens with zero attached hydrogens (tertiary/aromatic N) is 1. The third-order valence-corrected chi connectivity index (χ3v) is 4.26. The van der Waals surface area contributed by atoms with Crippen LogP contribution in [0.4, 0.5) is 29.7 Å². The maximum absolute atomic E-state index is 12.3. The summed E-state index contributed by atoms with van der Waals surface area (Å²) in [6.07, 6.45) is -4.76. The number of amides is 2. The molecule has 0 fully saturated rings. The Bertz CT molecular complexity index is 1020. The molecule has 0 saturated carbocycles. The number of benzene rings is 2. The Morgan fingerprint density at radius 3 is 2.21 bits per heavy atom. The zero-order valence-electron chi connectivity index (χ0n) is 14.5. The monoisotopic (exact) mass is 422 g/mol. The average molecular weight is 422 g/mol. The fourth-order valence-corrected chi connectivity index (χ4v) is 2.92. The zero-order chi connectivity index (χ0) is 21.0. The molecule has 0 aliphatic rings. The van der Waals surface area contributed by atoms with Crippen molar-refractivity contribution in [1.82, 2.24) is 4.98 Å². The summed E-state index contributed by atoms with van der Waals surface area (Å²) in [6, 6.07) is 11.1. The van der Waals surface area contributed by atoms with Gasteiger partial charge in [0.2, 0.25) is 5.91 Å². The van der Waals surface area contributed by atoms with E-state index in [1.807, 2.05) is 0 Å². The van der Waals surface area contributed by atoms with Crippen LogP contribution in [0.1, 0.15) is 20.8 Å². The quantitative estimate of drug-likeness (QED) is 0.554. The lowest BCUT2D eigenvalue weighted by Gasteiger charge is -2.09. The summed E-state index contributed by atoms with van der Waals surface area (Å²) in [7, 11) is 0. The fourth-order valence-electron chi connectivity index (χ4n) is 2.21. The molecule has 0 aliphatic carbocycles. The summed E-state index contributed by atoms with van der Waals surface area (Å²) in [5.41, 5.74) is 6.56. The topological polar surface area (TPSA) is 106 Å². The SMILES string of the molecule is NC(=O)c1ccc(NC(=O)c2csc(Nc3ccc(OC(F)(F)F)cc3)n2)cc1. The molecular formula is C18H13F3N4O3S. The lowest BCUT2D eigenvalue weighted by Crippen LogP contribution is -2.16. The lowest BCUT2D eigenvalue weighted by atomic mass is 10.2. The van der Waals surface area contributed by atoms with Crippen LogP contribution in [0.2, 0.25) is 0 Å². The third-order valence-electron chi connectivity index (χ3n) is 3.50. The molecule has 11 heteroatoms. The van der Waals surface area contributed by atoms with Gasteiger partial charge >= 0.3 is 6.36 Å². The van der Waals surface area contributed by atoms with Gasteiger partial charge in [-0.2, -0.15) is 0 Å². The minimum atomic E-state index is -4.76. The second kappa shape index (κ2) is 8.19. The van der Waals surface area contributed by atoms with Crippen molar-refractivity contribution in [1.29, 1.82) is 0 Å². The first-order chi connectivity index (χ1) is 13.7. The Balaban J connectivity index is 1.61. The van der Waals surface area contributed by atoms with Crippen molar-refractivity contribution in [2.75, 3.05) is 10.6 Å². The molecule has 0 spiro atoms. The number of rotatable bonds is 6. The van der Waals surface area contributed by atoms with Crippen LogP contribution in [-0.2, 0) is 0 Å². The molecule has 3 rings (SSSR count). The number of aromatic nitrogens is 1.